The van der Waals surface area contributed by atoms with Crippen molar-refractivity contribution in [2.45, 2.75) is 20.1 Å². The van der Waals surface area contributed by atoms with E-state index in [0.717, 1.165) is 12.1 Å². The first kappa shape index (κ1) is 11.8. The van der Waals surface area contributed by atoms with E-state index < -0.39 is 0 Å². The van der Waals surface area contributed by atoms with Gasteiger partial charge in [-0.1, -0.05) is 11.6 Å². The number of nitrogens with zero attached hydrogens (tertiary/aromatic N) is 2. The highest BCUT2D eigenvalue weighted by molar-refractivity contribution is 6.32. The molecule has 0 radical (unpaired) electrons. The first-order valence-electron chi connectivity index (χ1n) is 5.38. The Balaban J connectivity index is 2.02. The molecule has 17 heavy (non-hydrogen) atoms. The number of anilines is 1. The fraction of sp³-hybridized carbons (Fsp3) is 0.250. The van der Waals surface area contributed by atoms with E-state index in [1.54, 1.807) is 24.4 Å². The molecule has 0 saturated heterocycles. The molecule has 1 heterocycles. The highest BCUT2D eigenvalue weighted by atomic mass is 35.5. The van der Waals surface area contributed by atoms with Gasteiger partial charge < -0.3 is 10.5 Å². The highest BCUT2D eigenvalue weighted by Gasteiger charge is 2.03. The summed E-state index contributed by atoms with van der Waals surface area (Å²) in [7, 11) is 0. The van der Waals surface area contributed by atoms with Crippen LogP contribution in [0.3, 0.4) is 0 Å². The molecule has 0 fully saturated rings. The van der Waals surface area contributed by atoms with E-state index >= 15 is 0 Å². The van der Waals surface area contributed by atoms with Gasteiger partial charge in [0.05, 0.1) is 11.2 Å². The Bertz CT molecular complexity index is 510. The second kappa shape index (κ2) is 5.10. The van der Waals surface area contributed by atoms with Crippen LogP contribution in [-0.4, -0.2) is 9.78 Å². The smallest absolute Gasteiger partial charge is 0.138 e. The normalized spacial score (nSPS) is 10.5. The van der Waals surface area contributed by atoms with Crippen LogP contribution in [0.4, 0.5) is 5.69 Å². The summed E-state index contributed by atoms with van der Waals surface area (Å²) in [5.41, 5.74) is 7.24. The SMILES string of the molecule is CCn1cc(COc2ccc(N)cc2Cl)cn1. The molecule has 0 aliphatic rings. The number of aromatic nitrogens is 2. The Labute approximate surface area is 105 Å². The van der Waals surface area contributed by atoms with E-state index in [9.17, 15) is 0 Å². The van der Waals surface area contributed by atoms with Crippen molar-refractivity contribution in [1.29, 1.82) is 0 Å². The zero-order chi connectivity index (χ0) is 12.3. The zero-order valence-corrected chi connectivity index (χ0v) is 10.3. The molecule has 0 aliphatic heterocycles. The van der Waals surface area contributed by atoms with Gasteiger partial charge in [-0.05, 0) is 25.1 Å². The average Bonchev–Trinajstić information content (AvgIpc) is 2.76. The summed E-state index contributed by atoms with van der Waals surface area (Å²) in [4.78, 5) is 0. The molecular formula is C12H14ClN3O. The van der Waals surface area contributed by atoms with Gasteiger partial charge >= 0.3 is 0 Å². The number of ether oxygens (including phenoxy) is 1. The lowest BCUT2D eigenvalue weighted by molar-refractivity contribution is 0.306. The van der Waals surface area contributed by atoms with Gasteiger partial charge in [-0.25, -0.2) is 0 Å². The van der Waals surface area contributed by atoms with Gasteiger partial charge in [0.1, 0.15) is 12.4 Å². The van der Waals surface area contributed by atoms with Crippen LogP contribution in [-0.2, 0) is 13.2 Å². The van der Waals surface area contributed by atoms with Gasteiger partial charge in [-0.15, -0.1) is 0 Å². The van der Waals surface area contributed by atoms with E-state index in [2.05, 4.69) is 5.10 Å². The molecule has 4 nitrogen and oxygen atoms in total. The molecule has 0 spiro atoms. The first-order chi connectivity index (χ1) is 8.19. The van der Waals surface area contributed by atoms with Crippen molar-refractivity contribution < 1.29 is 4.74 Å². The Morgan fingerprint density at radius 3 is 2.94 bits per heavy atom. The number of aryl methyl sites for hydroxylation is 1. The Morgan fingerprint density at radius 1 is 1.47 bits per heavy atom. The minimum atomic E-state index is 0.448. The summed E-state index contributed by atoms with van der Waals surface area (Å²) in [6.45, 7) is 3.33. The monoisotopic (exact) mass is 251 g/mol. The molecular weight excluding hydrogens is 238 g/mol. The van der Waals surface area contributed by atoms with Gasteiger partial charge in [0, 0.05) is 24.0 Å². The van der Waals surface area contributed by atoms with Gasteiger partial charge in [0.15, 0.2) is 0 Å². The lowest BCUT2D eigenvalue weighted by atomic mass is 10.3. The standard InChI is InChI=1S/C12H14ClN3O/c1-2-16-7-9(6-15-16)8-17-12-4-3-10(14)5-11(12)13/h3-7H,2,8,14H2,1H3. The van der Waals surface area contributed by atoms with Gasteiger partial charge in [0.25, 0.3) is 0 Å². The van der Waals surface area contributed by atoms with Crippen molar-refractivity contribution in [2.75, 3.05) is 5.73 Å². The fourth-order valence-electron chi connectivity index (χ4n) is 1.45. The van der Waals surface area contributed by atoms with Crippen molar-refractivity contribution in [3.05, 3.63) is 41.2 Å². The summed E-state index contributed by atoms with van der Waals surface area (Å²) in [6, 6.07) is 5.20. The lowest BCUT2D eigenvalue weighted by Gasteiger charge is -2.06. The number of hydrogen-bond acceptors (Lipinski definition) is 3. The van der Waals surface area contributed by atoms with Crippen LogP contribution in [0.2, 0.25) is 5.02 Å². The zero-order valence-electron chi connectivity index (χ0n) is 9.56. The molecule has 1 aromatic heterocycles. The molecule has 0 atom stereocenters. The first-order valence-corrected chi connectivity index (χ1v) is 5.76. The molecule has 2 aromatic rings. The number of rotatable bonds is 4. The molecule has 0 unspecified atom stereocenters. The van der Waals surface area contributed by atoms with E-state index in [0.29, 0.717) is 23.1 Å². The van der Waals surface area contributed by atoms with Crippen molar-refractivity contribution in [3.63, 3.8) is 0 Å². The predicted octanol–water partition coefficient (Wildman–Crippen LogP) is 2.72. The molecule has 0 saturated carbocycles. The topological polar surface area (TPSA) is 53.1 Å². The van der Waals surface area contributed by atoms with Crippen molar-refractivity contribution in [2.24, 2.45) is 0 Å². The van der Waals surface area contributed by atoms with Crippen LogP contribution in [0.1, 0.15) is 12.5 Å². The minimum absolute atomic E-state index is 0.448. The number of halogens is 1. The molecule has 5 heteroatoms. The quantitative estimate of drug-likeness (QED) is 0.850. The van der Waals surface area contributed by atoms with Crippen LogP contribution >= 0.6 is 11.6 Å². The number of nitrogen functional groups attached to an aromatic ring is 1. The molecule has 2 rings (SSSR count). The van der Waals surface area contributed by atoms with Gasteiger partial charge in [-0.3, -0.25) is 4.68 Å². The van der Waals surface area contributed by atoms with E-state index in [1.807, 2.05) is 17.8 Å². The molecule has 1 aromatic carbocycles. The molecule has 0 aliphatic carbocycles. The highest BCUT2D eigenvalue weighted by Crippen LogP contribution is 2.26. The molecule has 2 N–H and O–H groups in total. The number of hydrogen-bond donors (Lipinski definition) is 1. The van der Waals surface area contributed by atoms with Gasteiger partial charge in [0.2, 0.25) is 0 Å². The van der Waals surface area contributed by atoms with E-state index in [-0.39, 0.29) is 0 Å². The van der Waals surface area contributed by atoms with Gasteiger partial charge in [-0.2, -0.15) is 5.10 Å². The van der Waals surface area contributed by atoms with Crippen LogP contribution in [0.25, 0.3) is 0 Å². The number of nitrogens with two attached hydrogens (primary N) is 1. The van der Waals surface area contributed by atoms with Crippen molar-refractivity contribution >= 4 is 17.3 Å². The summed E-state index contributed by atoms with van der Waals surface area (Å²) in [6.07, 6.45) is 3.74. The second-order valence-corrected chi connectivity index (χ2v) is 4.09. The fourth-order valence-corrected chi connectivity index (χ4v) is 1.69. The maximum atomic E-state index is 6.00. The Kier molecular flexibility index (Phi) is 3.54. The largest absolute Gasteiger partial charge is 0.487 e. The van der Waals surface area contributed by atoms with E-state index in [4.69, 9.17) is 22.1 Å². The van der Waals surface area contributed by atoms with Crippen LogP contribution in [0.5, 0.6) is 5.75 Å². The third-order valence-corrected chi connectivity index (χ3v) is 2.66. The minimum Gasteiger partial charge on any atom is -0.487 e. The van der Waals surface area contributed by atoms with Crippen molar-refractivity contribution in [3.8, 4) is 5.75 Å². The van der Waals surface area contributed by atoms with Crippen LogP contribution < -0.4 is 10.5 Å². The average molecular weight is 252 g/mol. The lowest BCUT2D eigenvalue weighted by Crippen LogP contribution is -1.96. The number of benzene rings is 1. The third kappa shape index (κ3) is 2.91. The Morgan fingerprint density at radius 2 is 2.29 bits per heavy atom. The molecule has 90 valence electrons. The summed E-state index contributed by atoms with van der Waals surface area (Å²) in [5.74, 6) is 0.630. The maximum absolute atomic E-state index is 6.00. The summed E-state index contributed by atoms with van der Waals surface area (Å²) in [5, 5.41) is 4.69. The Hall–Kier alpha value is -1.68. The second-order valence-electron chi connectivity index (χ2n) is 3.68. The van der Waals surface area contributed by atoms with Crippen LogP contribution in [0, 0.1) is 0 Å². The summed E-state index contributed by atoms with van der Waals surface area (Å²) < 4.78 is 7.45. The third-order valence-electron chi connectivity index (χ3n) is 2.36. The van der Waals surface area contributed by atoms with Crippen molar-refractivity contribution in [1.82, 2.24) is 9.78 Å². The maximum Gasteiger partial charge on any atom is 0.138 e. The van der Waals surface area contributed by atoms with E-state index in [1.165, 1.54) is 0 Å². The predicted molar refractivity (Wildman–Crippen MR) is 68.1 cm³/mol. The van der Waals surface area contributed by atoms with Crippen LogP contribution in [0.15, 0.2) is 30.6 Å². The summed E-state index contributed by atoms with van der Waals surface area (Å²) >= 11 is 6.00. The molecule has 0 amide bonds. The molecule has 0 bridgehead atoms.